The lowest BCUT2D eigenvalue weighted by molar-refractivity contribution is -0.126. The van der Waals surface area contributed by atoms with Crippen LogP contribution in [0.2, 0.25) is 0 Å². The maximum Gasteiger partial charge on any atom is 0.274 e. The topological polar surface area (TPSA) is 95.8 Å². The van der Waals surface area contributed by atoms with Gasteiger partial charge in [0, 0.05) is 43.3 Å². The minimum Gasteiger partial charge on any atom is -0.352 e. The van der Waals surface area contributed by atoms with Crippen LogP contribution in [0.15, 0.2) is 22.4 Å². The van der Waals surface area contributed by atoms with Gasteiger partial charge in [-0.15, -0.1) is 11.3 Å². The molecule has 126 valence electrons. The summed E-state index contributed by atoms with van der Waals surface area (Å²) in [5, 5.41) is 7.88. The Morgan fingerprint density at radius 2 is 2.21 bits per heavy atom. The summed E-state index contributed by atoms with van der Waals surface area (Å²) in [6, 6.07) is 0.910. The van der Waals surface area contributed by atoms with Crippen LogP contribution >= 0.6 is 11.3 Å². The maximum absolute atomic E-state index is 13.0. The number of thiazole rings is 1. The Kier molecular flexibility index (Phi) is 3.81. The van der Waals surface area contributed by atoms with Crippen molar-refractivity contribution >= 4 is 28.1 Å². The molecule has 4 rings (SSSR count). The van der Waals surface area contributed by atoms with E-state index < -0.39 is 11.6 Å². The zero-order chi connectivity index (χ0) is 16.7. The van der Waals surface area contributed by atoms with E-state index in [1.54, 1.807) is 20.9 Å². The van der Waals surface area contributed by atoms with Crippen molar-refractivity contribution in [3.8, 4) is 0 Å². The molecular weight excluding hydrogens is 330 g/mol. The molecule has 8 nitrogen and oxygen atoms in total. The molecule has 1 saturated carbocycles. The van der Waals surface area contributed by atoms with Crippen LogP contribution in [0.25, 0.3) is 4.96 Å². The fourth-order valence-corrected chi connectivity index (χ4v) is 3.59. The largest absolute Gasteiger partial charge is 0.352 e. The third-order valence-corrected chi connectivity index (χ3v) is 5.02. The second-order valence-electron chi connectivity index (χ2n) is 6.04. The summed E-state index contributed by atoms with van der Waals surface area (Å²) in [5.41, 5.74) is -0.202. The average Bonchev–Trinajstić information content (AvgIpc) is 3.27. The van der Waals surface area contributed by atoms with Crippen molar-refractivity contribution in [1.29, 1.82) is 0 Å². The van der Waals surface area contributed by atoms with E-state index in [1.165, 1.54) is 17.4 Å². The molecule has 2 N–H and O–H groups in total. The summed E-state index contributed by atoms with van der Waals surface area (Å²) >= 11 is 1.29. The lowest BCUT2D eigenvalue weighted by Crippen LogP contribution is -2.60. The molecule has 0 spiro atoms. The Bertz CT molecular complexity index is 856. The van der Waals surface area contributed by atoms with Gasteiger partial charge in [-0.05, 0) is 12.8 Å². The number of nitrogens with zero attached hydrogens (tertiary/aromatic N) is 3. The molecule has 1 aliphatic carbocycles. The molecular formula is C15H17N5O3S. The van der Waals surface area contributed by atoms with Gasteiger partial charge in [0.2, 0.25) is 5.91 Å². The van der Waals surface area contributed by atoms with E-state index in [1.807, 2.05) is 0 Å². The zero-order valence-electron chi connectivity index (χ0n) is 12.9. The summed E-state index contributed by atoms with van der Waals surface area (Å²) in [6.07, 6.45) is 3.70. The van der Waals surface area contributed by atoms with Crippen LogP contribution in [0, 0.1) is 0 Å². The fraction of sp³-hybridized carbons (Fsp3) is 0.467. The van der Waals surface area contributed by atoms with Crippen molar-refractivity contribution < 1.29 is 9.59 Å². The summed E-state index contributed by atoms with van der Waals surface area (Å²) in [5.74, 6) is -0.457. The predicted octanol–water partition coefficient (Wildman–Crippen LogP) is -0.551. The molecule has 2 aromatic heterocycles. The van der Waals surface area contributed by atoms with Gasteiger partial charge in [-0.25, -0.2) is 0 Å². The van der Waals surface area contributed by atoms with Gasteiger partial charge in [0.05, 0.1) is 0 Å². The normalized spacial score (nSPS) is 21.0. The van der Waals surface area contributed by atoms with Gasteiger partial charge in [-0.2, -0.15) is 4.98 Å². The highest BCUT2D eigenvalue weighted by Gasteiger charge is 2.36. The van der Waals surface area contributed by atoms with Gasteiger partial charge in [-0.3, -0.25) is 18.8 Å². The van der Waals surface area contributed by atoms with E-state index in [0.29, 0.717) is 24.6 Å². The van der Waals surface area contributed by atoms with E-state index in [2.05, 4.69) is 15.6 Å². The van der Waals surface area contributed by atoms with E-state index in [-0.39, 0.29) is 23.6 Å². The molecule has 2 fully saturated rings. The molecule has 2 aliphatic rings. The summed E-state index contributed by atoms with van der Waals surface area (Å²) in [7, 11) is 0. The van der Waals surface area contributed by atoms with Crippen LogP contribution in [-0.4, -0.2) is 57.8 Å². The molecule has 0 bridgehead atoms. The first-order valence-corrected chi connectivity index (χ1v) is 8.80. The van der Waals surface area contributed by atoms with Gasteiger partial charge < -0.3 is 15.5 Å². The number of aromatic nitrogens is 2. The molecule has 0 aromatic carbocycles. The van der Waals surface area contributed by atoms with Gasteiger partial charge >= 0.3 is 0 Å². The van der Waals surface area contributed by atoms with E-state index >= 15 is 0 Å². The molecule has 3 heterocycles. The number of carbonyl (C=O) groups is 2. The van der Waals surface area contributed by atoms with Crippen LogP contribution in [-0.2, 0) is 4.79 Å². The van der Waals surface area contributed by atoms with Crippen molar-refractivity contribution in [3.63, 3.8) is 0 Å². The van der Waals surface area contributed by atoms with Crippen LogP contribution < -0.4 is 16.2 Å². The number of hydrogen-bond donors (Lipinski definition) is 2. The first-order chi connectivity index (χ1) is 11.6. The van der Waals surface area contributed by atoms with Gasteiger partial charge in [-0.1, -0.05) is 0 Å². The number of nitrogens with one attached hydrogen (secondary N) is 2. The van der Waals surface area contributed by atoms with E-state index in [4.69, 9.17) is 0 Å². The number of carbonyl (C=O) groups excluding carboxylic acids is 2. The summed E-state index contributed by atoms with van der Waals surface area (Å²) in [6.45, 7) is 1.45. The molecule has 24 heavy (non-hydrogen) atoms. The zero-order valence-corrected chi connectivity index (χ0v) is 13.7. The molecule has 9 heteroatoms. The number of rotatable bonds is 3. The van der Waals surface area contributed by atoms with Gasteiger partial charge in [0.1, 0.15) is 11.7 Å². The van der Waals surface area contributed by atoms with Crippen LogP contribution in [0.3, 0.4) is 0 Å². The number of hydrogen-bond acceptors (Lipinski definition) is 6. The molecule has 1 aliphatic heterocycles. The van der Waals surface area contributed by atoms with E-state index in [9.17, 15) is 14.4 Å². The van der Waals surface area contributed by atoms with Crippen molar-refractivity contribution in [3.05, 3.63) is 33.7 Å². The highest BCUT2D eigenvalue weighted by molar-refractivity contribution is 7.15. The lowest BCUT2D eigenvalue weighted by Gasteiger charge is -2.35. The van der Waals surface area contributed by atoms with Crippen LogP contribution in [0.1, 0.15) is 23.3 Å². The van der Waals surface area contributed by atoms with Crippen molar-refractivity contribution in [2.24, 2.45) is 0 Å². The van der Waals surface area contributed by atoms with Crippen molar-refractivity contribution in [2.45, 2.75) is 24.9 Å². The first kappa shape index (κ1) is 15.3. The second-order valence-corrected chi connectivity index (χ2v) is 6.91. The third kappa shape index (κ3) is 2.80. The van der Waals surface area contributed by atoms with Crippen molar-refractivity contribution in [2.75, 3.05) is 19.6 Å². The van der Waals surface area contributed by atoms with Gasteiger partial charge in [0.15, 0.2) is 4.96 Å². The standard InChI is InChI=1S/C15H17N5O3S/c21-12-7-10(20-5-6-24-15(20)18-12)14(23)19-4-3-16-8-11(19)13(22)17-9-1-2-9/h5-7,9,11,16H,1-4,8H2,(H,17,22). The second kappa shape index (κ2) is 5.99. The molecule has 1 atom stereocenters. The smallest absolute Gasteiger partial charge is 0.274 e. The SMILES string of the molecule is O=C(NC1CC1)C1CNCCN1C(=O)c1cc(=O)nc2sccn12. The summed E-state index contributed by atoms with van der Waals surface area (Å²) in [4.78, 5) is 43.2. The predicted molar refractivity (Wildman–Crippen MR) is 88.2 cm³/mol. The Hall–Kier alpha value is -2.26. The molecule has 1 saturated heterocycles. The van der Waals surface area contributed by atoms with Gasteiger partial charge in [0.25, 0.3) is 11.5 Å². The van der Waals surface area contributed by atoms with Crippen LogP contribution in [0.5, 0.6) is 0 Å². The van der Waals surface area contributed by atoms with Crippen LogP contribution in [0.4, 0.5) is 0 Å². The fourth-order valence-electron chi connectivity index (χ4n) is 2.87. The Labute approximate surface area is 141 Å². The number of amides is 2. The molecule has 2 aromatic rings. The minimum absolute atomic E-state index is 0.138. The monoisotopic (exact) mass is 347 g/mol. The molecule has 2 amide bonds. The summed E-state index contributed by atoms with van der Waals surface area (Å²) < 4.78 is 1.60. The third-order valence-electron chi connectivity index (χ3n) is 4.26. The highest BCUT2D eigenvalue weighted by Crippen LogP contribution is 2.20. The Morgan fingerprint density at radius 1 is 1.38 bits per heavy atom. The Morgan fingerprint density at radius 3 is 3.00 bits per heavy atom. The number of fused-ring (bicyclic) bond motifs is 1. The molecule has 1 unspecified atom stereocenters. The quantitative estimate of drug-likeness (QED) is 0.777. The minimum atomic E-state index is -0.565. The lowest BCUT2D eigenvalue weighted by atomic mass is 10.1. The van der Waals surface area contributed by atoms with Crippen molar-refractivity contribution in [1.82, 2.24) is 24.9 Å². The first-order valence-electron chi connectivity index (χ1n) is 7.92. The average molecular weight is 347 g/mol. The highest BCUT2D eigenvalue weighted by atomic mass is 32.1. The molecule has 0 radical (unpaired) electrons. The maximum atomic E-state index is 13.0. The Balaban J connectivity index is 1.66. The number of piperazine rings is 1. The van der Waals surface area contributed by atoms with E-state index in [0.717, 1.165) is 12.8 Å².